The van der Waals surface area contributed by atoms with Gasteiger partial charge in [0.2, 0.25) is 11.8 Å². The maximum Gasteiger partial charge on any atom is 0.410 e. The first-order valence-electron chi connectivity index (χ1n) is 23.3. The number of cyclic esters (lactones) is 1. The molecule has 7 rings (SSSR count). The molecular formula is C48H68N4O10Si. The molecule has 1 aromatic carbocycles. The van der Waals surface area contributed by atoms with Crippen LogP contribution >= 0.6 is 0 Å². The number of esters is 1. The highest BCUT2D eigenvalue weighted by molar-refractivity contribution is 6.74. The number of hydrogen-bond donors (Lipinski definition) is 2. The van der Waals surface area contributed by atoms with Crippen LogP contribution in [-0.2, 0) is 33.0 Å². The Balaban J connectivity index is 0.847. The molecule has 8 atom stereocenters. The average molecular weight is 889 g/mol. The van der Waals surface area contributed by atoms with E-state index in [0.717, 1.165) is 49.8 Å². The predicted octanol–water partition coefficient (Wildman–Crippen LogP) is 7.40. The van der Waals surface area contributed by atoms with Crippen molar-refractivity contribution in [1.82, 2.24) is 15.1 Å². The largest absolute Gasteiger partial charge is 0.462 e. The molecule has 2 aliphatic carbocycles. The van der Waals surface area contributed by atoms with E-state index in [-0.39, 0.29) is 77.1 Å². The van der Waals surface area contributed by atoms with E-state index < -0.39 is 38.0 Å². The SMILES string of the molecule is C[C@H]1C=C2C=C[C@H](C)[C@H](CC[C@@H]3C[C@@H](O[Si](C)(C)C(C)(C)C)CC(=O)O3)[C@H]2[C@@H](OC(=O)N2CCC(CCOCCNc3cccc4c3C(=O)N(C3CCC(=O)NC3=O)C4=O)CC2)C1. The van der Waals surface area contributed by atoms with Crippen LogP contribution in [0.2, 0.25) is 18.1 Å². The molecule has 14 nitrogen and oxygen atoms in total. The number of anilines is 1. The number of fused-ring (bicyclic) bond motifs is 2. The summed E-state index contributed by atoms with van der Waals surface area (Å²) in [7, 11) is -2.04. The number of carbonyl (C=O) groups excluding carboxylic acids is 6. The number of carbonyl (C=O) groups is 6. The molecule has 1 aromatic rings. The molecule has 0 saturated carbocycles. The number of likely N-dealkylation sites (tertiary alicyclic amines) is 1. The Bertz CT molecular complexity index is 1990. The molecule has 3 fully saturated rings. The number of hydrogen-bond acceptors (Lipinski definition) is 11. The van der Waals surface area contributed by atoms with E-state index >= 15 is 0 Å². The lowest BCUT2D eigenvalue weighted by atomic mass is 9.65. The first-order valence-corrected chi connectivity index (χ1v) is 26.2. The Kier molecular flexibility index (Phi) is 14.4. The molecule has 4 heterocycles. The summed E-state index contributed by atoms with van der Waals surface area (Å²) in [5, 5.41) is 5.51. The zero-order valence-electron chi connectivity index (χ0n) is 38.2. The van der Waals surface area contributed by atoms with E-state index in [2.05, 4.69) is 76.6 Å². The minimum Gasteiger partial charge on any atom is -0.462 e. The van der Waals surface area contributed by atoms with Crippen LogP contribution in [0.4, 0.5) is 10.5 Å². The lowest BCUT2D eigenvalue weighted by Crippen LogP contribution is -2.54. The maximum atomic E-state index is 13.8. The second kappa shape index (κ2) is 19.4. The van der Waals surface area contributed by atoms with Gasteiger partial charge in [-0.25, -0.2) is 4.79 Å². The Morgan fingerprint density at radius 3 is 2.46 bits per heavy atom. The van der Waals surface area contributed by atoms with Gasteiger partial charge in [-0.15, -0.1) is 0 Å². The van der Waals surface area contributed by atoms with Crippen molar-refractivity contribution in [2.45, 2.75) is 141 Å². The normalized spacial score (nSPS) is 29.2. The maximum absolute atomic E-state index is 13.8. The summed E-state index contributed by atoms with van der Waals surface area (Å²) in [5.41, 5.74) is 2.20. The highest BCUT2D eigenvalue weighted by atomic mass is 28.4. The standard InChI is InChI=1S/C48H68N4O10Si/c1-29-25-32-12-11-30(2)35(14-13-33-27-34(28-41(54)60-33)62-63(6,7)48(3,4)5)42(32)39(26-29)61-47(58)51-21-17-31(18-22-51)19-23-59-24-20-49-37-10-8-9-36-43(37)46(57)52(45(36)56)38-15-16-40(53)50-44(38)55/h8-12,25,29-31,33-35,38-39,42,49H,13-24,26-28H2,1-7H3,(H,50,53,55)/t29-,30-,33+,34+,35-,38?,39-,42-/m0/s1. The quantitative estimate of drug-likeness (QED) is 0.0826. The van der Waals surface area contributed by atoms with Gasteiger partial charge in [0.1, 0.15) is 18.2 Å². The molecule has 344 valence electrons. The van der Waals surface area contributed by atoms with E-state index in [0.29, 0.717) is 56.8 Å². The molecular weight excluding hydrogens is 821 g/mol. The van der Waals surface area contributed by atoms with Crippen molar-refractivity contribution in [2.75, 3.05) is 38.2 Å². The van der Waals surface area contributed by atoms with Crippen LogP contribution in [0.3, 0.4) is 0 Å². The lowest BCUT2D eigenvalue weighted by molar-refractivity contribution is -0.160. The summed E-state index contributed by atoms with van der Waals surface area (Å²) < 4.78 is 25.0. The summed E-state index contributed by atoms with van der Waals surface area (Å²) >= 11 is 0. The molecule has 63 heavy (non-hydrogen) atoms. The zero-order chi connectivity index (χ0) is 45.2. The number of imide groups is 2. The molecule has 0 radical (unpaired) electrons. The summed E-state index contributed by atoms with van der Waals surface area (Å²) in [6, 6.07) is 3.98. The van der Waals surface area contributed by atoms with Gasteiger partial charge in [0, 0.05) is 50.7 Å². The van der Waals surface area contributed by atoms with Crippen LogP contribution in [0.25, 0.3) is 0 Å². The monoisotopic (exact) mass is 888 g/mol. The fourth-order valence-corrected chi connectivity index (χ4v) is 11.6. The first-order chi connectivity index (χ1) is 29.9. The Morgan fingerprint density at radius 1 is 0.968 bits per heavy atom. The van der Waals surface area contributed by atoms with Gasteiger partial charge in [-0.2, -0.15) is 0 Å². The lowest BCUT2D eigenvalue weighted by Gasteiger charge is -2.44. The van der Waals surface area contributed by atoms with E-state index in [1.54, 1.807) is 18.2 Å². The Morgan fingerprint density at radius 2 is 1.73 bits per heavy atom. The summed E-state index contributed by atoms with van der Waals surface area (Å²) in [6.45, 7) is 18.2. The smallest absolute Gasteiger partial charge is 0.410 e. The van der Waals surface area contributed by atoms with E-state index in [9.17, 15) is 28.8 Å². The fourth-order valence-electron chi connectivity index (χ4n) is 10.2. The van der Waals surface area contributed by atoms with Crippen molar-refractivity contribution >= 4 is 49.7 Å². The number of amides is 5. The van der Waals surface area contributed by atoms with Crippen LogP contribution < -0.4 is 10.6 Å². The second-order valence-corrected chi connectivity index (χ2v) is 25.0. The summed E-state index contributed by atoms with van der Waals surface area (Å²) in [6.07, 6.45) is 12.3. The average Bonchev–Trinajstić information content (AvgIpc) is 3.47. The summed E-state index contributed by atoms with van der Waals surface area (Å²) in [5.74, 6) is -0.979. The minimum atomic E-state index is -2.04. The molecule has 6 aliphatic rings. The van der Waals surface area contributed by atoms with Gasteiger partial charge >= 0.3 is 12.1 Å². The second-order valence-electron chi connectivity index (χ2n) is 20.3. The molecule has 0 aromatic heterocycles. The molecule has 5 amide bonds. The molecule has 0 bridgehead atoms. The van der Waals surface area contributed by atoms with Gasteiger partial charge in [-0.05, 0) is 104 Å². The fraction of sp³-hybridized carbons (Fsp3) is 0.667. The van der Waals surface area contributed by atoms with Gasteiger partial charge in [-0.1, -0.05) is 58.9 Å². The van der Waals surface area contributed by atoms with Gasteiger partial charge in [-0.3, -0.25) is 34.2 Å². The number of allylic oxidation sites excluding steroid dienone is 3. The molecule has 4 aliphatic heterocycles. The summed E-state index contributed by atoms with van der Waals surface area (Å²) in [4.78, 5) is 80.0. The van der Waals surface area contributed by atoms with Crippen molar-refractivity contribution in [3.05, 3.63) is 53.1 Å². The van der Waals surface area contributed by atoms with Crippen molar-refractivity contribution in [1.29, 1.82) is 0 Å². The van der Waals surface area contributed by atoms with Crippen LogP contribution in [0.15, 0.2) is 42.0 Å². The molecule has 3 saturated heterocycles. The molecule has 0 spiro atoms. The van der Waals surface area contributed by atoms with E-state index in [4.69, 9.17) is 18.6 Å². The molecule has 15 heteroatoms. The van der Waals surface area contributed by atoms with E-state index in [1.807, 2.05) is 4.90 Å². The zero-order valence-corrected chi connectivity index (χ0v) is 39.2. The number of ether oxygens (including phenoxy) is 3. The number of nitrogens with zero attached hydrogens (tertiary/aromatic N) is 2. The van der Waals surface area contributed by atoms with Crippen molar-refractivity contribution in [3.63, 3.8) is 0 Å². The van der Waals surface area contributed by atoms with Crippen LogP contribution in [0.5, 0.6) is 0 Å². The highest BCUT2D eigenvalue weighted by Crippen LogP contribution is 2.46. The number of rotatable bonds is 14. The van der Waals surface area contributed by atoms with Gasteiger partial charge in [0.15, 0.2) is 8.32 Å². The highest BCUT2D eigenvalue weighted by Gasteiger charge is 2.47. The number of piperidine rings is 2. The Labute approximate surface area is 373 Å². The van der Waals surface area contributed by atoms with Crippen molar-refractivity contribution in [3.8, 4) is 0 Å². The minimum absolute atomic E-state index is 0.0586. The van der Waals surface area contributed by atoms with Gasteiger partial charge in [0.25, 0.3) is 11.8 Å². The Hall–Kier alpha value is -4.34. The van der Waals surface area contributed by atoms with Gasteiger partial charge in [0.05, 0.1) is 30.3 Å². The first kappa shape index (κ1) is 46.6. The van der Waals surface area contributed by atoms with E-state index in [1.165, 1.54) is 5.57 Å². The van der Waals surface area contributed by atoms with Crippen LogP contribution in [0.1, 0.15) is 120 Å². The van der Waals surface area contributed by atoms with Gasteiger partial charge < -0.3 is 28.9 Å². The number of nitrogens with one attached hydrogen (secondary N) is 2. The van der Waals surface area contributed by atoms with Crippen LogP contribution in [-0.4, -0.2) is 111 Å². The third-order valence-corrected chi connectivity index (χ3v) is 19.3. The third kappa shape index (κ3) is 10.6. The predicted molar refractivity (Wildman–Crippen MR) is 239 cm³/mol. The molecule has 1 unspecified atom stereocenters. The van der Waals surface area contributed by atoms with Crippen molar-refractivity contribution in [2.24, 2.45) is 29.6 Å². The number of benzene rings is 1. The third-order valence-electron chi connectivity index (χ3n) is 14.7. The van der Waals surface area contributed by atoms with Crippen LogP contribution in [0, 0.1) is 29.6 Å². The van der Waals surface area contributed by atoms with Crippen molar-refractivity contribution < 1.29 is 47.4 Å². The molecule has 2 N–H and O–H groups in total. The topological polar surface area (TPSA) is 170 Å².